The van der Waals surface area contributed by atoms with Crippen LogP contribution in [0.15, 0.2) is 64.8 Å². The minimum Gasteiger partial charge on any atom is -0.339 e. The van der Waals surface area contributed by atoms with Crippen LogP contribution in [0.1, 0.15) is 5.69 Å². The molecule has 0 spiro atoms. The fraction of sp³-hybridized carbons (Fsp3) is 0.261. The van der Waals surface area contributed by atoms with Crippen molar-refractivity contribution >= 4 is 28.1 Å². The van der Waals surface area contributed by atoms with Crippen molar-refractivity contribution in [1.29, 1.82) is 0 Å². The van der Waals surface area contributed by atoms with Gasteiger partial charge in [-0.1, -0.05) is 47.7 Å². The van der Waals surface area contributed by atoms with E-state index in [0.717, 1.165) is 40.6 Å². The zero-order valence-corrected chi connectivity index (χ0v) is 18.2. The summed E-state index contributed by atoms with van der Waals surface area (Å²) in [5.74, 6) is -0.114. The van der Waals surface area contributed by atoms with Crippen molar-refractivity contribution in [1.82, 2.24) is 29.8 Å². The minimum absolute atomic E-state index is 0.0941. The highest BCUT2D eigenvalue weighted by Gasteiger charge is 2.23. The Morgan fingerprint density at radius 2 is 1.72 bits per heavy atom. The number of thiazole rings is 1. The third-order valence-corrected chi connectivity index (χ3v) is 6.54. The van der Waals surface area contributed by atoms with Gasteiger partial charge in [0.25, 0.3) is 5.56 Å². The number of hydrogen-bond acceptors (Lipinski definition) is 7. The van der Waals surface area contributed by atoms with Gasteiger partial charge < -0.3 is 4.90 Å². The van der Waals surface area contributed by atoms with Crippen LogP contribution >= 0.6 is 11.3 Å². The lowest BCUT2D eigenvalue weighted by atomic mass is 10.2. The van der Waals surface area contributed by atoms with Gasteiger partial charge in [-0.25, -0.2) is 9.67 Å². The van der Waals surface area contributed by atoms with Crippen molar-refractivity contribution in [2.75, 3.05) is 26.2 Å². The molecule has 4 aromatic rings. The molecular formula is C23H22N6O2S. The Morgan fingerprint density at radius 3 is 2.53 bits per heavy atom. The van der Waals surface area contributed by atoms with E-state index >= 15 is 0 Å². The van der Waals surface area contributed by atoms with Crippen molar-refractivity contribution in [3.8, 4) is 10.6 Å². The van der Waals surface area contributed by atoms with Gasteiger partial charge in [0.1, 0.15) is 17.1 Å². The molecular weight excluding hydrogens is 424 g/mol. The molecule has 1 amide bonds. The quantitative estimate of drug-likeness (QED) is 0.468. The topological polar surface area (TPSA) is 84.2 Å². The largest absolute Gasteiger partial charge is 0.339 e. The van der Waals surface area contributed by atoms with Gasteiger partial charge in [-0.15, -0.1) is 16.4 Å². The summed E-state index contributed by atoms with van der Waals surface area (Å²) >= 11 is 1.65. The van der Waals surface area contributed by atoms with Crippen LogP contribution in [-0.4, -0.2) is 61.9 Å². The van der Waals surface area contributed by atoms with Gasteiger partial charge in [-0.05, 0) is 12.1 Å². The number of piperazine rings is 1. The van der Waals surface area contributed by atoms with E-state index in [1.807, 2.05) is 18.2 Å². The first-order valence-electron chi connectivity index (χ1n) is 10.5. The van der Waals surface area contributed by atoms with Gasteiger partial charge >= 0.3 is 0 Å². The molecule has 1 aliphatic rings. The SMILES string of the molecule is O=C(Cn1nnc2ccccc2c1=O)N1CCN(Cc2csc(-c3ccccc3)n2)CC1. The Balaban J connectivity index is 1.17. The first-order valence-corrected chi connectivity index (χ1v) is 11.4. The number of nitrogens with zero attached hydrogens (tertiary/aromatic N) is 6. The maximum atomic E-state index is 12.8. The number of fused-ring (bicyclic) bond motifs is 1. The van der Waals surface area contributed by atoms with Crippen LogP contribution in [0.25, 0.3) is 21.5 Å². The number of aromatic nitrogens is 4. The van der Waals surface area contributed by atoms with Crippen LogP contribution in [0.5, 0.6) is 0 Å². The minimum atomic E-state index is -0.291. The normalized spacial score (nSPS) is 14.7. The summed E-state index contributed by atoms with van der Waals surface area (Å²) in [6.45, 7) is 3.43. The molecule has 32 heavy (non-hydrogen) atoms. The molecule has 2 aromatic heterocycles. The van der Waals surface area contributed by atoms with Crippen LogP contribution in [0, 0.1) is 0 Å². The third kappa shape index (κ3) is 4.30. The van der Waals surface area contributed by atoms with E-state index < -0.39 is 0 Å². The number of carbonyl (C=O) groups is 1. The predicted molar refractivity (Wildman–Crippen MR) is 123 cm³/mol. The lowest BCUT2D eigenvalue weighted by molar-refractivity contribution is -0.134. The molecule has 1 fully saturated rings. The maximum Gasteiger partial charge on any atom is 0.278 e. The van der Waals surface area contributed by atoms with E-state index in [-0.39, 0.29) is 18.0 Å². The molecule has 3 heterocycles. The first-order chi connectivity index (χ1) is 15.7. The maximum absolute atomic E-state index is 12.8. The monoisotopic (exact) mass is 446 g/mol. The fourth-order valence-electron chi connectivity index (χ4n) is 3.83. The first kappa shape index (κ1) is 20.5. The van der Waals surface area contributed by atoms with Gasteiger partial charge in [-0.2, -0.15) is 0 Å². The Kier molecular flexibility index (Phi) is 5.74. The standard InChI is InChI=1S/C23H22N6O2S/c30-21(15-29-23(31)19-8-4-5-9-20(19)25-26-29)28-12-10-27(11-13-28)14-18-16-32-22(24-18)17-6-2-1-3-7-17/h1-9,16H,10-15H2. The van der Waals surface area contributed by atoms with Crippen LogP contribution in [0.2, 0.25) is 0 Å². The van der Waals surface area contributed by atoms with E-state index in [0.29, 0.717) is 24.0 Å². The van der Waals surface area contributed by atoms with E-state index in [4.69, 9.17) is 4.98 Å². The van der Waals surface area contributed by atoms with Gasteiger partial charge in [0.2, 0.25) is 5.91 Å². The zero-order chi connectivity index (χ0) is 21.9. The molecule has 0 radical (unpaired) electrons. The van der Waals surface area contributed by atoms with E-state index in [9.17, 15) is 9.59 Å². The van der Waals surface area contributed by atoms with Gasteiger partial charge in [-0.3, -0.25) is 14.5 Å². The summed E-state index contributed by atoms with van der Waals surface area (Å²) in [7, 11) is 0. The predicted octanol–water partition coefficient (Wildman–Crippen LogP) is 2.26. The molecule has 0 atom stereocenters. The average molecular weight is 447 g/mol. The molecule has 0 aliphatic carbocycles. The molecule has 5 rings (SSSR count). The lowest BCUT2D eigenvalue weighted by Crippen LogP contribution is -2.49. The Bertz CT molecular complexity index is 1290. The second-order valence-corrected chi connectivity index (χ2v) is 8.59. The van der Waals surface area contributed by atoms with Crippen LogP contribution < -0.4 is 5.56 Å². The number of hydrogen-bond donors (Lipinski definition) is 0. The summed E-state index contributed by atoms with van der Waals surface area (Å²) < 4.78 is 1.15. The fourth-order valence-corrected chi connectivity index (χ4v) is 4.65. The summed E-state index contributed by atoms with van der Waals surface area (Å²) in [6, 6.07) is 17.2. The molecule has 0 unspecified atom stereocenters. The molecule has 0 saturated carbocycles. The molecule has 1 aliphatic heterocycles. The summed E-state index contributed by atoms with van der Waals surface area (Å²) in [5.41, 5.74) is 2.42. The number of benzene rings is 2. The lowest BCUT2D eigenvalue weighted by Gasteiger charge is -2.34. The van der Waals surface area contributed by atoms with Crippen molar-refractivity contribution in [2.45, 2.75) is 13.1 Å². The van der Waals surface area contributed by atoms with Gasteiger partial charge in [0.15, 0.2) is 0 Å². The Hall–Kier alpha value is -3.43. The van der Waals surface area contributed by atoms with Crippen LogP contribution in [0.4, 0.5) is 0 Å². The zero-order valence-electron chi connectivity index (χ0n) is 17.4. The van der Waals surface area contributed by atoms with Crippen LogP contribution in [-0.2, 0) is 17.9 Å². The van der Waals surface area contributed by atoms with Crippen molar-refractivity contribution in [3.63, 3.8) is 0 Å². The number of carbonyl (C=O) groups excluding carboxylic acids is 1. The third-order valence-electron chi connectivity index (χ3n) is 5.60. The molecule has 0 bridgehead atoms. The number of rotatable bonds is 5. The Morgan fingerprint density at radius 1 is 0.969 bits per heavy atom. The second kappa shape index (κ2) is 8.97. The van der Waals surface area contributed by atoms with Crippen molar-refractivity contribution < 1.29 is 4.79 Å². The summed E-state index contributed by atoms with van der Waals surface area (Å²) in [5, 5.41) is 11.6. The highest BCUT2D eigenvalue weighted by atomic mass is 32.1. The van der Waals surface area contributed by atoms with Crippen molar-refractivity contribution in [3.05, 3.63) is 76.0 Å². The molecule has 162 valence electrons. The molecule has 9 heteroatoms. The second-order valence-electron chi connectivity index (χ2n) is 7.74. The van der Waals surface area contributed by atoms with E-state index in [1.165, 1.54) is 0 Å². The Labute approximate surface area is 188 Å². The summed E-state index contributed by atoms with van der Waals surface area (Å²) in [4.78, 5) is 34.2. The average Bonchev–Trinajstić information content (AvgIpc) is 3.30. The molecule has 1 saturated heterocycles. The van der Waals surface area contributed by atoms with Crippen LogP contribution in [0.3, 0.4) is 0 Å². The van der Waals surface area contributed by atoms with Gasteiger partial charge in [0, 0.05) is 43.7 Å². The highest BCUT2D eigenvalue weighted by Crippen LogP contribution is 2.24. The molecule has 8 nitrogen and oxygen atoms in total. The van der Waals surface area contributed by atoms with Crippen molar-refractivity contribution in [2.24, 2.45) is 0 Å². The molecule has 0 N–H and O–H groups in total. The smallest absolute Gasteiger partial charge is 0.278 e. The van der Waals surface area contributed by atoms with Gasteiger partial charge in [0.05, 0.1) is 11.1 Å². The van der Waals surface area contributed by atoms with E-state index in [2.05, 4.69) is 32.7 Å². The summed E-state index contributed by atoms with van der Waals surface area (Å²) in [6.07, 6.45) is 0. The van der Waals surface area contributed by atoms with E-state index in [1.54, 1.807) is 40.5 Å². The molecule has 2 aromatic carbocycles. The number of amides is 1. The highest BCUT2D eigenvalue weighted by molar-refractivity contribution is 7.13.